The average molecular weight is 478 g/mol. The van der Waals surface area contributed by atoms with Gasteiger partial charge in [0.15, 0.2) is 6.61 Å². The van der Waals surface area contributed by atoms with Gasteiger partial charge in [0, 0.05) is 11.7 Å². The molecule has 0 spiro atoms. The average Bonchev–Trinajstić information content (AvgIpc) is 2.78. The summed E-state index contributed by atoms with van der Waals surface area (Å²) in [4.78, 5) is 12.0. The zero-order valence-electron chi connectivity index (χ0n) is 17.5. The maximum absolute atomic E-state index is 12.8. The van der Waals surface area contributed by atoms with Gasteiger partial charge < -0.3 is 10.1 Å². The molecule has 3 rings (SSSR count). The van der Waals surface area contributed by atoms with Crippen molar-refractivity contribution in [2.45, 2.75) is 24.0 Å². The molecule has 0 fully saturated rings. The lowest BCUT2D eigenvalue weighted by molar-refractivity contribution is -0.137. The molecule has 3 aromatic carbocycles. The molecule has 0 heterocycles. The van der Waals surface area contributed by atoms with Gasteiger partial charge in [-0.3, -0.25) is 4.79 Å². The fourth-order valence-corrected chi connectivity index (χ4v) is 4.18. The molecule has 0 unspecified atom stereocenters. The van der Waals surface area contributed by atoms with Crippen molar-refractivity contribution in [1.82, 2.24) is 4.72 Å². The first kappa shape index (κ1) is 24.3. The quantitative estimate of drug-likeness (QED) is 0.489. The van der Waals surface area contributed by atoms with Crippen molar-refractivity contribution in [2.24, 2.45) is 0 Å². The minimum Gasteiger partial charge on any atom is -0.484 e. The van der Waals surface area contributed by atoms with E-state index in [1.807, 2.05) is 30.3 Å². The normalized spacial score (nSPS) is 12.7. The van der Waals surface area contributed by atoms with Crippen molar-refractivity contribution in [3.63, 3.8) is 0 Å². The standard InChI is InChI=1S/C23H21F3N2O4S/c1-16(17-6-3-2-4-7-17)28-33(30,31)21-12-10-20(11-13-21)32-15-22(29)27-19-9-5-8-18(14-19)23(24,25)26/h2-14,16,28H,15H2,1H3,(H,27,29)/t16-/m1/s1. The summed E-state index contributed by atoms with van der Waals surface area (Å²) < 4.78 is 71.4. The van der Waals surface area contributed by atoms with Crippen LogP contribution in [0.3, 0.4) is 0 Å². The van der Waals surface area contributed by atoms with Crippen LogP contribution in [-0.4, -0.2) is 20.9 Å². The highest BCUT2D eigenvalue weighted by Crippen LogP contribution is 2.30. The Hall–Kier alpha value is -3.37. The molecular formula is C23H21F3N2O4S. The van der Waals surface area contributed by atoms with Crippen LogP contribution in [0.1, 0.15) is 24.1 Å². The summed E-state index contributed by atoms with van der Waals surface area (Å²) in [5.74, 6) is -0.436. The molecule has 0 bridgehead atoms. The molecule has 6 nitrogen and oxygen atoms in total. The fraction of sp³-hybridized carbons (Fsp3) is 0.174. The van der Waals surface area contributed by atoms with Gasteiger partial charge in [0.25, 0.3) is 5.91 Å². The van der Waals surface area contributed by atoms with Crippen molar-refractivity contribution >= 4 is 21.6 Å². The number of hydrogen-bond donors (Lipinski definition) is 2. The first-order valence-corrected chi connectivity index (χ1v) is 11.3. The van der Waals surface area contributed by atoms with Crippen molar-refractivity contribution in [3.05, 3.63) is 90.0 Å². The Morgan fingerprint density at radius 1 is 0.970 bits per heavy atom. The number of anilines is 1. The molecule has 0 saturated carbocycles. The first-order valence-electron chi connectivity index (χ1n) is 9.82. The van der Waals surface area contributed by atoms with Gasteiger partial charge in [-0.1, -0.05) is 36.4 Å². The second-order valence-corrected chi connectivity index (χ2v) is 8.85. The minimum absolute atomic E-state index is 0.0153. The Balaban J connectivity index is 1.56. The van der Waals surface area contributed by atoms with Crippen LogP contribution in [0.15, 0.2) is 83.8 Å². The third-order valence-electron chi connectivity index (χ3n) is 4.61. The second kappa shape index (κ2) is 10.1. The number of amides is 1. The number of hydrogen-bond acceptors (Lipinski definition) is 4. The van der Waals surface area contributed by atoms with Crippen LogP contribution in [0.5, 0.6) is 5.75 Å². The molecule has 10 heteroatoms. The molecule has 33 heavy (non-hydrogen) atoms. The Kier molecular flexibility index (Phi) is 7.39. The van der Waals surface area contributed by atoms with Crippen LogP contribution >= 0.6 is 0 Å². The van der Waals surface area contributed by atoms with Crippen molar-refractivity contribution in [2.75, 3.05) is 11.9 Å². The molecule has 1 atom stereocenters. The largest absolute Gasteiger partial charge is 0.484 e. The van der Waals surface area contributed by atoms with Crippen LogP contribution in [0.4, 0.5) is 18.9 Å². The van der Waals surface area contributed by atoms with Crippen LogP contribution in [-0.2, 0) is 21.0 Å². The van der Waals surface area contributed by atoms with Gasteiger partial charge in [-0.15, -0.1) is 0 Å². The highest BCUT2D eigenvalue weighted by atomic mass is 32.2. The Morgan fingerprint density at radius 2 is 1.64 bits per heavy atom. The Bertz CT molecular complexity index is 1200. The highest BCUT2D eigenvalue weighted by molar-refractivity contribution is 7.89. The lowest BCUT2D eigenvalue weighted by atomic mass is 10.1. The monoisotopic (exact) mass is 478 g/mol. The van der Waals surface area contributed by atoms with Crippen LogP contribution in [0.2, 0.25) is 0 Å². The van der Waals surface area contributed by atoms with E-state index < -0.39 is 40.3 Å². The molecule has 1 amide bonds. The van der Waals surface area contributed by atoms with Crippen LogP contribution < -0.4 is 14.8 Å². The third kappa shape index (κ3) is 6.80. The second-order valence-electron chi connectivity index (χ2n) is 7.14. The molecule has 0 aromatic heterocycles. The molecule has 0 radical (unpaired) electrons. The number of sulfonamides is 1. The highest BCUT2D eigenvalue weighted by Gasteiger charge is 2.30. The van der Waals surface area contributed by atoms with Gasteiger partial charge in [-0.25, -0.2) is 13.1 Å². The molecule has 2 N–H and O–H groups in total. The lowest BCUT2D eigenvalue weighted by Gasteiger charge is -2.15. The lowest BCUT2D eigenvalue weighted by Crippen LogP contribution is -2.26. The first-order chi connectivity index (χ1) is 15.5. The molecule has 0 aliphatic rings. The van der Waals surface area contributed by atoms with E-state index in [1.165, 1.54) is 36.4 Å². The van der Waals surface area contributed by atoms with Gasteiger partial charge in [0.2, 0.25) is 10.0 Å². The van der Waals surface area contributed by atoms with E-state index >= 15 is 0 Å². The smallest absolute Gasteiger partial charge is 0.416 e. The Morgan fingerprint density at radius 3 is 2.27 bits per heavy atom. The number of ether oxygens (including phenoxy) is 1. The summed E-state index contributed by atoms with van der Waals surface area (Å²) in [6.07, 6.45) is -4.52. The van der Waals surface area contributed by atoms with E-state index in [-0.39, 0.29) is 16.3 Å². The van der Waals surface area contributed by atoms with E-state index in [0.717, 1.165) is 17.7 Å². The van der Waals surface area contributed by atoms with E-state index in [2.05, 4.69) is 10.0 Å². The molecule has 0 aliphatic carbocycles. The third-order valence-corrected chi connectivity index (χ3v) is 6.17. The van der Waals surface area contributed by atoms with E-state index in [1.54, 1.807) is 6.92 Å². The van der Waals surface area contributed by atoms with Gasteiger partial charge >= 0.3 is 6.18 Å². The molecule has 0 aliphatic heterocycles. The van der Waals surface area contributed by atoms with Crippen molar-refractivity contribution in [3.8, 4) is 5.75 Å². The number of alkyl halides is 3. The van der Waals surface area contributed by atoms with Gasteiger partial charge in [-0.05, 0) is 55.0 Å². The summed E-state index contributed by atoms with van der Waals surface area (Å²) in [6.45, 7) is 1.26. The van der Waals surface area contributed by atoms with E-state index in [4.69, 9.17) is 4.74 Å². The van der Waals surface area contributed by atoms with E-state index in [9.17, 15) is 26.4 Å². The maximum atomic E-state index is 12.8. The minimum atomic E-state index is -4.52. The maximum Gasteiger partial charge on any atom is 0.416 e. The molecular weight excluding hydrogens is 457 g/mol. The van der Waals surface area contributed by atoms with Crippen molar-refractivity contribution in [1.29, 1.82) is 0 Å². The number of halogens is 3. The van der Waals surface area contributed by atoms with Gasteiger partial charge in [0.1, 0.15) is 5.75 Å². The van der Waals surface area contributed by atoms with Crippen molar-refractivity contribution < 1.29 is 31.1 Å². The molecule has 3 aromatic rings. The molecule has 174 valence electrons. The molecule has 0 saturated heterocycles. The SMILES string of the molecule is C[C@@H](NS(=O)(=O)c1ccc(OCC(=O)Nc2cccc(C(F)(F)F)c2)cc1)c1ccccc1. The predicted octanol–water partition coefficient (Wildman–Crippen LogP) is 4.76. The summed E-state index contributed by atoms with van der Waals surface area (Å²) in [6, 6.07) is 18.3. The number of carbonyl (C=O) groups excluding carboxylic acids is 1. The van der Waals surface area contributed by atoms with Gasteiger partial charge in [-0.2, -0.15) is 13.2 Å². The Labute approximate surface area is 189 Å². The van der Waals surface area contributed by atoms with E-state index in [0.29, 0.717) is 0 Å². The predicted molar refractivity (Wildman–Crippen MR) is 117 cm³/mol. The van der Waals surface area contributed by atoms with Gasteiger partial charge in [0.05, 0.1) is 10.5 Å². The van der Waals surface area contributed by atoms with Crippen LogP contribution in [0, 0.1) is 0 Å². The van der Waals surface area contributed by atoms with Crippen LogP contribution in [0.25, 0.3) is 0 Å². The summed E-state index contributed by atoms with van der Waals surface area (Å²) in [7, 11) is -3.79. The number of rotatable bonds is 8. The summed E-state index contributed by atoms with van der Waals surface area (Å²) in [5.41, 5.74) is -0.0838. The zero-order valence-corrected chi connectivity index (χ0v) is 18.3. The number of nitrogens with one attached hydrogen (secondary N) is 2. The summed E-state index contributed by atoms with van der Waals surface area (Å²) >= 11 is 0. The fourth-order valence-electron chi connectivity index (χ4n) is 2.94. The topological polar surface area (TPSA) is 84.5 Å². The number of carbonyl (C=O) groups is 1. The number of benzene rings is 3. The zero-order chi connectivity index (χ0) is 24.1. The summed E-state index contributed by atoms with van der Waals surface area (Å²) in [5, 5.41) is 2.33.